The van der Waals surface area contributed by atoms with Gasteiger partial charge in [-0.2, -0.15) is 0 Å². The van der Waals surface area contributed by atoms with E-state index in [-0.39, 0.29) is 0 Å². The minimum Gasteiger partial charge on any atom is -0.381 e. The molecule has 0 amide bonds. The van der Waals surface area contributed by atoms with Gasteiger partial charge in [-0.05, 0) is 12.8 Å². The molecule has 47 valence electrons. The fourth-order valence-electron chi connectivity index (χ4n) is 0.337. The van der Waals surface area contributed by atoms with Crippen LogP contribution in [0.15, 0.2) is 12.7 Å². The topological polar surface area (TPSA) is 9.23 Å². The Balaban J connectivity index is 2.98. The second-order valence-corrected chi connectivity index (χ2v) is 1.79. The van der Waals surface area contributed by atoms with Gasteiger partial charge in [-0.25, -0.2) is 0 Å². The van der Waals surface area contributed by atoms with Gasteiger partial charge in [0, 0.05) is 6.61 Å². The minimum absolute atomic E-state index is 0.455. The van der Waals surface area contributed by atoms with Gasteiger partial charge < -0.3 is 4.74 Å². The van der Waals surface area contributed by atoms with E-state index in [1.165, 1.54) is 0 Å². The molecule has 0 aliphatic carbocycles. The molecule has 0 rings (SSSR count). The normalized spacial score (nSPS) is 13.2. The summed E-state index contributed by atoms with van der Waals surface area (Å²) < 4.78 is 5.00. The molecule has 0 aliphatic heterocycles. The molecule has 1 nitrogen and oxygen atoms in total. The smallest absolute Gasteiger partial charge is 0.0526 e. The van der Waals surface area contributed by atoms with Crippen LogP contribution in [0.3, 0.4) is 0 Å². The van der Waals surface area contributed by atoms with Gasteiger partial charge in [-0.1, -0.05) is 13.0 Å². The Labute approximate surface area is 51.4 Å². The van der Waals surface area contributed by atoms with E-state index in [4.69, 9.17) is 4.74 Å². The van der Waals surface area contributed by atoms with Crippen LogP contribution in [0.1, 0.15) is 6.92 Å². The zero-order valence-corrected chi connectivity index (χ0v) is 5.39. The van der Waals surface area contributed by atoms with Crippen LogP contribution in [-0.4, -0.2) is 13.2 Å². The first-order valence-corrected chi connectivity index (χ1v) is 2.80. The molecule has 0 N–H and O–H groups in total. The molecule has 1 radical (unpaired) electrons. The lowest BCUT2D eigenvalue weighted by atomic mass is 10.2. The molecular formula is C7H13O. The molecule has 8 heavy (non-hydrogen) atoms. The van der Waals surface area contributed by atoms with Crippen molar-refractivity contribution in [3.63, 3.8) is 0 Å². The Kier molecular flexibility index (Phi) is 4.67. The third-order valence-electron chi connectivity index (χ3n) is 0.927. The van der Waals surface area contributed by atoms with Crippen molar-refractivity contribution in [2.24, 2.45) is 5.92 Å². The quantitative estimate of drug-likeness (QED) is 0.504. The first-order chi connectivity index (χ1) is 3.81. The fraction of sp³-hybridized carbons (Fsp3) is 0.571. The van der Waals surface area contributed by atoms with Crippen molar-refractivity contribution < 1.29 is 4.74 Å². The fourth-order valence-corrected chi connectivity index (χ4v) is 0.337. The van der Waals surface area contributed by atoms with Crippen LogP contribution in [0, 0.1) is 12.8 Å². The number of rotatable bonds is 4. The van der Waals surface area contributed by atoms with E-state index < -0.39 is 0 Å². The molecule has 0 fully saturated rings. The van der Waals surface area contributed by atoms with Crippen LogP contribution in [0.4, 0.5) is 0 Å². The molecule has 0 aromatic heterocycles. The molecule has 0 aliphatic rings. The zero-order valence-electron chi connectivity index (χ0n) is 5.39. The summed E-state index contributed by atoms with van der Waals surface area (Å²) in [5, 5.41) is 0. The highest BCUT2D eigenvalue weighted by Crippen LogP contribution is 1.94. The summed E-state index contributed by atoms with van der Waals surface area (Å²) >= 11 is 0. The third-order valence-corrected chi connectivity index (χ3v) is 0.927. The van der Waals surface area contributed by atoms with Gasteiger partial charge >= 0.3 is 0 Å². The maximum absolute atomic E-state index is 5.00. The molecule has 0 saturated heterocycles. The van der Waals surface area contributed by atoms with Crippen LogP contribution in [0.25, 0.3) is 0 Å². The summed E-state index contributed by atoms with van der Waals surface area (Å²) in [6, 6.07) is 0. The van der Waals surface area contributed by atoms with E-state index in [1.54, 1.807) is 0 Å². The second-order valence-electron chi connectivity index (χ2n) is 1.79. The SMILES string of the molecule is [CH2]COCC(C)C=C. The molecule has 1 heteroatoms. The summed E-state index contributed by atoms with van der Waals surface area (Å²) in [7, 11) is 0. The molecular weight excluding hydrogens is 100 g/mol. The van der Waals surface area contributed by atoms with E-state index in [9.17, 15) is 0 Å². The molecule has 0 saturated carbocycles. The maximum atomic E-state index is 5.00. The predicted molar refractivity (Wildman–Crippen MR) is 35.5 cm³/mol. The Bertz CT molecular complexity index is 59.4. The monoisotopic (exact) mass is 113 g/mol. The van der Waals surface area contributed by atoms with Crippen molar-refractivity contribution in [1.82, 2.24) is 0 Å². The van der Waals surface area contributed by atoms with Gasteiger partial charge in [0.25, 0.3) is 0 Å². The highest BCUT2D eigenvalue weighted by molar-refractivity contribution is 4.73. The first kappa shape index (κ1) is 7.70. The highest BCUT2D eigenvalue weighted by Gasteiger charge is 1.91. The highest BCUT2D eigenvalue weighted by atomic mass is 16.5. The first-order valence-electron chi connectivity index (χ1n) is 2.80. The van der Waals surface area contributed by atoms with Crippen molar-refractivity contribution in [2.75, 3.05) is 13.2 Å². The summed E-state index contributed by atoms with van der Waals surface area (Å²) in [5.41, 5.74) is 0. The Hall–Kier alpha value is -0.300. The van der Waals surface area contributed by atoms with Gasteiger partial charge in [0.2, 0.25) is 0 Å². The van der Waals surface area contributed by atoms with E-state index in [0.29, 0.717) is 12.5 Å². The van der Waals surface area contributed by atoms with Crippen molar-refractivity contribution in [3.8, 4) is 0 Å². The van der Waals surface area contributed by atoms with Crippen LogP contribution in [-0.2, 0) is 4.74 Å². The van der Waals surface area contributed by atoms with Gasteiger partial charge in [0.1, 0.15) is 0 Å². The van der Waals surface area contributed by atoms with E-state index >= 15 is 0 Å². The average molecular weight is 113 g/mol. The summed E-state index contributed by atoms with van der Waals surface area (Å²) in [5.74, 6) is 0.455. The van der Waals surface area contributed by atoms with Crippen LogP contribution < -0.4 is 0 Å². The molecule has 0 aromatic carbocycles. The predicted octanol–water partition coefficient (Wildman–Crippen LogP) is 1.66. The van der Waals surface area contributed by atoms with Gasteiger partial charge in [-0.15, -0.1) is 6.58 Å². The molecule has 1 unspecified atom stereocenters. The number of ether oxygens (including phenoxy) is 1. The van der Waals surface area contributed by atoms with E-state index in [1.807, 2.05) is 6.08 Å². The maximum Gasteiger partial charge on any atom is 0.0526 e. The van der Waals surface area contributed by atoms with Gasteiger partial charge in [0.15, 0.2) is 0 Å². The third kappa shape index (κ3) is 3.88. The summed E-state index contributed by atoms with van der Waals surface area (Å²) in [6.45, 7) is 10.5. The molecule has 0 heterocycles. The second kappa shape index (κ2) is 4.85. The zero-order chi connectivity index (χ0) is 6.41. The summed E-state index contributed by atoms with van der Waals surface area (Å²) in [4.78, 5) is 0. The standard InChI is InChI=1S/C7H13O/c1-4-7(3)6-8-5-2/h4,7H,1-2,5-6H2,3H3. The lowest BCUT2D eigenvalue weighted by Gasteiger charge is -2.02. The Morgan fingerprint density at radius 3 is 2.75 bits per heavy atom. The molecule has 0 spiro atoms. The number of hydrogen-bond donors (Lipinski definition) is 0. The van der Waals surface area contributed by atoms with Crippen molar-refractivity contribution in [3.05, 3.63) is 19.6 Å². The number of hydrogen-bond acceptors (Lipinski definition) is 1. The molecule has 0 bridgehead atoms. The van der Waals surface area contributed by atoms with Gasteiger partial charge in [-0.3, -0.25) is 0 Å². The largest absolute Gasteiger partial charge is 0.381 e. The average Bonchev–Trinajstić information content (AvgIpc) is 1.83. The van der Waals surface area contributed by atoms with Crippen molar-refractivity contribution in [1.29, 1.82) is 0 Å². The van der Waals surface area contributed by atoms with Crippen molar-refractivity contribution >= 4 is 0 Å². The van der Waals surface area contributed by atoms with Crippen LogP contribution in [0.5, 0.6) is 0 Å². The molecule has 1 atom stereocenters. The van der Waals surface area contributed by atoms with E-state index in [0.717, 1.165) is 6.61 Å². The van der Waals surface area contributed by atoms with Crippen LogP contribution in [0.2, 0.25) is 0 Å². The van der Waals surface area contributed by atoms with Gasteiger partial charge in [0.05, 0.1) is 6.61 Å². The lowest BCUT2D eigenvalue weighted by Crippen LogP contribution is -2.01. The Morgan fingerprint density at radius 2 is 2.38 bits per heavy atom. The van der Waals surface area contributed by atoms with Crippen molar-refractivity contribution in [2.45, 2.75) is 6.92 Å². The van der Waals surface area contributed by atoms with E-state index in [2.05, 4.69) is 20.4 Å². The Morgan fingerprint density at radius 1 is 1.75 bits per heavy atom. The minimum atomic E-state index is 0.455. The summed E-state index contributed by atoms with van der Waals surface area (Å²) in [6.07, 6.45) is 1.87. The van der Waals surface area contributed by atoms with Crippen LogP contribution >= 0.6 is 0 Å². The lowest BCUT2D eigenvalue weighted by molar-refractivity contribution is 0.141. The molecule has 0 aromatic rings.